The molecule has 0 spiro atoms. The highest BCUT2D eigenvalue weighted by atomic mass is 32.2. The molecule has 0 fully saturated rings. The minimum Gasteiger partial charge on any atom is -0.310 e. The second-order valence-electron chi connectivity index (χ2n) is 13.5. The number of thioether (sulfide) groups is 1. The Kier molecular flexibility index (Phi) is 6.42. The molecule has 0 amide bonds. The van der Waals surface area contributed by atoms with E-state index in [4.69, 9.17) is 0 Å². The van der Waals surface area contributed by atoms with E-state index in [9.17, 15) is 0 Å². The van der Waals surface area contributed by atoms with Crippen molar-refractivity contribution >= 4 is 51.2 Å². The van der Waals surface area contributed by atoms with Crippen LogP contribution in [0.15, 0.2) is 144 Å². The predicted octanol–water partition coefficient (Wildman–Crippen LogP) is 12.9. The lowest BCUT2D eigenvalue weighted by molar-refractivity contribution is 0.944. The molecule has 2 atom stereocenters. The summed E-state index contributed by atoms with van der Waals surface area (Å²) in [6.45, 7) is 2.41. The molecule has 1 nitrogen and oxygen atoms in total. The number of hydrogen-bond acceptors (Lipinski definition) is 2. The van der Waals surface area contributed by atoms with Crippen LogP contribution in [0.1, 0.15) is 53.5 Å². The third-order valence-electron chi connectivity index (χ3n) is 10.9. The lowest BCUT2D eigenvalue weighted by Gasteiger charge is -2.32. The Bertz CT molecular complexity index is 2370. The molecule has 0 saturated carbocycles. The van der Waals surface area contributed by atoms with E-state index in [2.05, 4.69) is 169 Å². The molecule has 6 aromatic rings. The van der Waals surface area contributed by atoms with Crippen molar-refractivity contribution in [2.45, 2.75) is 42.2 Å². The highest BCUT2D eigenvalue weighted by Gasteiger charge is 2.38. The predicted molar refractivity (Wildman–Crippen MR) is 206 cm³/mol. The maximum Gasteiger partial charge on any atom is 0.0506 e. The highest BCUT2D eigenvalue weighted by Crippen LogP contribution is 2.59. The SMILES string of the molecule is C[C@H]1c2ccc3c(c2-c2cccc(N(c4ccc(-c5ccc6ccccc6c5)cc4)c4cccc5c4CCC=C5)c21)SC1CC=CC=C31. The summed E-state index contributed by atoms with van der Waals surface area (Å²) in [5.74, 6) is 0.297. The normalized spacial score (nSPS) is 18.1. The number of rotatable bonds is 4. The summed E-state index contributed by atoms with van der Waals surface area (Å²) < 4.78 is 0. The molecule has 0 radical (unpaired) electrons. The van der Waals surface area contributed by atoms with Gasteiger partial charge in [-0.1, -0.05) is 122 Å². The van der Waals surface area contributed by atoms with Crippen LogP contribution in [0.2, 0.25) is 0 Å². The van der Waals surface area contributed by atoms with Gasteiger partial charge in [0.15, 0.2) is 0 Å². The van der Waals surface area contributed by atoms with Crippen LogP contribution in [-0.4, -0.2) is 5.25 Å². The summed E-state index contributed by atoms with van der Waals surface area (Å²) in [6.07, 6.45) is 14.7. The van der Waals surface area contributed by atoms with Crippen LogP contribution < -0.4 is 4.90 Å². The third-order valence-corrected chi connectivity index (χ3v) is 12.2. The Morgan fingerprint density at radius 1 is 0.708 bits per heavy atom. The average molecular weight is 634 g/mol. The van der Waals surface area contributed by atoms with Gasteiger partial charge in [0.25, 0.3) is 0 Å². The molecule has 2 heteroatoms. The van der Waals surface area contributed by atoms with Crippen molar-refractivity contribution in [2.24, 2.45) is 0 Å². The third kappa shape index (κ3) is 4.25. The number of hydrogen-bond donors (Lipinski definition) is 0. The Morgan fingerprint density at radius 3 is 2.46 bits per heavy atom. The smallest absolute Gasteiger partial charge is 0.0506 e. The van der Waals surface area contributed by atoms with Gasteiger partial charge in [-0.2, -0.15) is 0 Å². The van der Waals surface area contributed by atoms with Gasteiger partial charge in [-0.25, -0.2) is 0 Å². The van der Waals surface area contributed by atoms with Gasteiger partial charge < -0.3 is 4.90 Å². The van der Waals surface area contributed by atoms with Gasteiger partial charge >= 0.3 is 0 Å². The number of benzene rings is 6. The van der Waals surface area contributed by atoms with E-state index < -0.39 is 0 Å². The molecule has 1 unspecified atom stereocenters. The molecule has 0 saturated heterocycles. The van der Waals surface area contributed by atoms with Gasteiger partial charge in [0.05, 0.1) is 5.69 Å². The summed E-state index contributed by atoms with van der Waals surface area (Å²) in [5, 5.41) is 3.08. The fraction of sp³-hybridized carbons (Fsp3) is 0.130. The second kappa shape index (κ2) is 11.0. The van der Waals surface area contributed by atoms with Crippen molar-refractivity contribution in [2.75, 3.05) is 4.90 Å². The molecule has 1 aliphatic heterocycles. The second-order valence-corrected chi connectivity index (χ2v) is 14.7. The van der Waals surface area contributed by atoms with Crippen LogP contribution in [0.4, 0.5) is 17.1 Å². The van der Waals surface area contributed by atoms with E-state index in [0.717, 1.165) is 19.3 Å². The first-order chi connectivity index (χ1) is 23.7. The van der Waals surface area contributed by atoms with Gasteiger partial charge in [0, 0.05) is 33.0 Å². The first kappa shape index (κ1) is 28.0. The molecule has 0 N–H and O–H groups in total. The van der Waals surface area contributed by atoms with Crippen LogP contribution in [0.25, 0.3) is 44.7 Å². The number of nitrogens with zero attached hydrogens (tertiary/aromatic N) is 1. The van der Waals surface area contributed by atoms with Crippen LogP contribution in [0.3, 0.4) is 0 Å². The molecule has 4 aliphatic rings. The van der Waals surface area contributed by atoms with Crippen molar-refractivity contribution in [3.63, 3.8) is 0 Å². The zero-order valence-corrected chi connectivity index (χ0v) is 27.8. The first-order valence-electron chi connectivity index (χ1n) is 17.2. The Morgan fingerprint density at radius 2 is 1.54 bits per heavy atom. The van der Waals surface area contributed by atoms with Crippen molar-refractivity contribution in [3.8, 4) is 22.3 Å². The summed E-state index contributed by atoms with van der Waals surface area (Å²) in [7, 11) is 0. The van der Waals surface area contributed by atoms with E-state index >= 15 is 0 Å². The van der Waals surface area contributed by atoms with Crippen LogP contribution in [0, 0.1) is 0 Å². The van der Waals surface area contributed by atoms with Crippen molar-refractivity contribution in [3.05, 3.63) is 167 Å². The standard InChI is InChI=1S/C46H35NS/c1-29-36-26-27-39-38-15-6-7-19-43(38)48-46(39)45(36)40-16-9-18-42(44(29)40)47(41-17-8-13-32-11-4-5-14-37(32)41)35-24-22-31(23-25-35)34-21-20-30-10-2-3-12-33(30)28-34/h2-4,6-13,15-18,20-29,43H,5,14,19H2,1H3/t29-,43?/m0/s1. The van der Waals surface area contributed by atoms with Crippen LogP contribution in [0.5, 0.6) is 0 Å². The molecular formula is C46H35NS. The number of anilines is 3. The summed E-state index contributed by atoms with van der Waals surface area (Å²) >= 11 is 2.08. The molecule has 10 rings (SSSR count). The van der Waals surface area contributed by atoms with Gasteiger partial charge in [-0.05, 0) is 110 Å². The van der Waals surface area contributed by atoms with Gasteiger partial charge in [-0.3, -0.25) is 0 Å². The van der Waals surface area contributed by atoms with Gasteiger partial charge in [0.1, 0.15) is 0 Å². The largest absolute Gasteiger partial charge is 0.310 e. The lowest BCUT2D eigenvalue weighted by atomic mass is 9.92. The lowest BCUT2D eigenvalue weighted by Crippen LogP contribution is -2.16. The van der Waals surface area contributed by atoms with Crippen LogP contribution >= 0.6 is 11.8 Å². The average Bonchev–Trinajstić information content (AvgIpc) is 3.67. The molecule has 230 valence electrons. The Labute approximate surface area is 287 Å². The fourth-order valence-electron chi connectivity index (χ4n) is 8.54. The minimum atomic E-state index is 0.297. The van der Waals surface area contributed by atoms with Gasteiger partial charge in [0.2, 0.25) is 0 Å². The maximum absolute atomic E-state index is 2.56. The zero-order chi connectivity index (χ0) is 31.8. The monoisotopic (exact) mass is 633 g/mol. The van der Waals surface area contributed by atoms with Gasteiger partial charge in [-0.15, -0.1) is 11.8 Å². The Hall–Kier alpha value is -5.05. The minimum absolute atomic E-state index is 0.297. The topological polar surface area (TPSA) is 3.24 Å². The summed E-state index contributed by atoms with van der Waals surface area (Å²) in [6, 6.07) is 43.3. The summed E-state index contributed by atoms with van der Waals surface area (Å²) in [4.78, 5) is 4.03. The molecule has 48 heavy (non-hydrogen) atoms. The maximum atomic E-state index is 2.56. The van der Waals surface area contributed by atoms with E-state index in [-0.39, 0.29) is 0 Å². The summed E-state index contributed by atoms with van der Waals surface area (Å²) in [5.41, 5.74) is 17.7. The zero-order valence-electron chi connectivity index (χ0n) is 27.0. The number of allylic oxidation sites excluding steroid dienone is 4. The molecule has 0 bridgehead atoms. The van der Waals surface area contributed by atoms with Crippen molar-refractivity contribution < 1.29 is 0 Å². The molecule has 3 aliphatic carbocycles. The van der Waals surface area contributed by atoms with E-state index in [1.165, 1.54) is 88.4 Å². The molecule has 6 aromatic carbocycles. The van der Waals surface area contributed by atoms with Crippen molar-refractivity contribution in [1.29, 1.82) is 0 Å². The fourth-order valence-corrected chi connectivity index (χ4v) is 10.0. The highest BCUT2D eigenvalue weighted by molar-refractivity contribution is 8.01. The molecule has 1 heterocycles. The van der Waals surface area contributed by atoms with Crippen molar-refractivity contribution in [1.82, 2.24) is 0 Å². The molecule has 0 aromatic heterocycles. The van der Waals surface area contributed by atoms with E-state index in [1.807, 2.05) is 0 Å². The Balaban J connectivity index is 1.14. The van der Waals surface area contributed by atoms with E-state index in [1.54, 1.807) is 0 Å². The van der Waals surface area contributed by atoms with Crippen LogP contribution in [-0.2, 0) is 6.42 Å². The number of fused-ring (bicyclic) bond motifs is 9. The van der Waals surface area contributed by atoms with E-state index in [0.29, 0.717) is 11.2 Å². The quantitative estimate of drug-likeness (QED) is 0.190. The first-order valence-corrected chi connectivity index (χ1v) is 18.1. The molecular weight excluding hydrogens is 599 g/mol.